The number of aliphatic hydroxyl groups is 2. The van der Waals surface area contributed by atoms with Gasteiger partial charge in [-0.25, -0.2) is 4.79 Å². The van der Waals surface area contributed by atoms with Gasteiger partial charge < -0.3 is 14.9 Å². The average molecular weight is 411 g/mol. The summed E-state index contributed by atoms with van der Waals surface area (Å²) in [5, 5.41) is 20.7. The molecule has 2 N–H and O–H groups in total. The van der Waals surface area contributed by atoms with Crippen molar-refractivity contribution >= 4 is 17.7 Å². The van der Waals surface area contributed by atoms with Gasteiger partial charge in [0, 0.05) is 22.8 Å². The molecule has 0 aromatic heterocycles. The zero-order chi connectivity index (χ0) is 20.9. The highest BCUT2D eigenvalue weighted by atomic mass is 32.2. The molecule has 0 aliphatic heterocycles. The number of hydrogen-bond donors (Lipinski definition) is 2. The van der Waals surface area contributed by atoms with E-state index in [1.807, 2.05) is 6.08 Å². The third-order valence-electron chi connectivity index (χ3n) is 4.85. The van der Waals surface area contributed by atoms with Gasteiger partial charge in [0.15, 0.2) is 0 Å². The molecule has 160 valence electrons. The van der Waals surface area contributed by atoms with Crippen molar-refractivity contribution in [3.8, 4) is 0 Å². The fraction of sp³-hybridized carbons (Fsp3) is 0.696. The molecule has 0 saturated carbocycles. The average Bonchev–Trinajstić information content (AvgIpc) is 2.94. The van der Waals surface area contributed by atoms with E-state index in [9.17, 15) is 15.0 Å². The molecule has 0 amide bonds. The minimum absolute atomic E-state index is 0.232. The molecule has 0 spiro atoms. The van der Waals surface area contributed by atoms with Crippen molar-refractivity contribution in [2.45, 2.75) is 90.8 Å². The van der Waals surface area contributed by atoms with Crippen LogP contribution in [0.25, 0.3) is 0 Å². The first kappa shape index (κ1) is 25.0. The van der Waals surface area contributed by atoms with E-state index in [0.717, 1.165) is 42.8 Å². The molecule has 0 bridgehead atoms. The number of rotatable bonds is 14. The highest BCUT2D eigenvalue weighted by Gasteiger charge is 2.34. The van der Waals surface area contributed by atoms with Crippen molar-refractivity contribution in [3.63, 3.8) is 0 Å². The zero-order valence-electron chi connectivity index (χ0n) is 17.8. The maximum atomic E-state index is 12.0. The standard InChI is InChI=1S/C23H38O4S/c1-5-7-9-11-15-28-22-19(14-13-18(24)12-10-8-6-2)20(25)16-21(22)27-23(26)17(3)4/h13-14,18-20,24-25H,3,5-12,15-16H2,1-2,4H3/b14-13+/t18-,19-,20+/m0/s1. The second-order valence-corrected chi connectivity index (χ2v) is 8.75. The van der Waals surface area contributed by atoms with Crippen LogP contribution < -0.4 is 0 Å². The third kappa shape index (κ3) is 8.97. The Kier molecular flexibility index (Phi) is 12.5. The van der Waals surface area contributed by atoms with Crippen molar-refractivity contribution < 1.29 is 19.7 Å². The highest BCUT2D eigenvalue weighted by Crippen LogP contribution is 2.41. The SMILES string of the molecule is C=C(C)C(=O)OC1=C(SCCCCCC)[C@@H](/C=C/[C@@H](O)CCCCC)[C@H](O)C1. The van der Waals surface area contributed by atoms with Gasteiger partial charge in [0.1, 0.15) is 5.76 Å². The quantitative estimate of drug-likeness (QED) is 0.171. The third-order valence-corrected chi connectivity index (χ3v) is 6.15. The van der Waals surface area contributed by atoms with Crippen molar-refractivity contribution in [2.24, 2.45) is 5.92 Å². The molecule has 0 unspecified atom stereocenters. The Morgan fingerprint density at radius 3 is 2.57 bits per heavy atom. The largest absolute Gasteiger partial charge is 0.427 e. The maximum Gasteiger partial charge on any atom is 0.338 e. The summed E-state index contributed by atoms with van der Waals surface area (Å²) in [6.07, 6.45) is 11.5. The molecular formula is C23H38O4S. The zero-order valence-corrected chi connectivity index (χ0v) is 18.6. The van der Waals surface area contributed by atoms with E-state index in [4.69, 9.17) is 4.74 Å². The Balaban J connectivity index is 2.82. The second kappa shape index (κ2) is 14.0. The van der Waals surface area contributed by atoms with Gasteiger partial charge in [-0.3, -0.25) is 0 Å². The number of carbonyl (C=O) groups excluding carboxylic acids is 1. The molecule has 28 heavy (non-hydrogen) atoms. The molecule has 0 aromatic rings. The second-order valence-electron chi connectivity index (χ2n) is 7.61. The Bertz CT molecular complexity index is 553. The maximum absolute atomic E-state index is 12.0. The predicted octanol–water partition coefficient (Wildman–Crippen LogP) is 5.51. The van der Waals surface area contributed by atoms with Crippen LogP contribution in [0.1, 0.15) is 78.6 Å². The number of hydrogen-bond acceptors (Lipinski definition) is 5. The van der Waals surface area contributed by atoms with E-state index in [1.54, 1.807) is 24.8 Å². The van der Waals surface area contributed by atoms with Gasteiger partial charge in [-0.15, -0.1) is 11.8 Å². The topological polar surface area (TPSA) is 66.8 Å². The van der Waals surface area contributed by atoms with Crippen molar-refractivity contribution in [1.82, 2.24) is 0 Å². The summed E-state index contributed by atoms with van der Waals surface area (Å²) in [6, 6.07) is 0. The molecule has 0 aromatic carbocycles. The van der Waals surface area contributed by atoms with Crippen LogP contribution in [0.5, 0.6) is 0 Å². The fourth-order valence-electron chi connectivity index (χ4n) is 3.12. The molecule has 4 nitrogen and oxygen atoms in total. The minimum Gasteiger partial charge on any atom is -0.427 e. The minimum atomic E-state index is -0.634. The van der Waals surface area contributed by atoms with Crippen LogP contribution in [-0.2, 0) is 9.53 Å². The van der Waals surface area contributed by atoms with Gasteiger partial charge in [0.25, 0.3) is 0 Å². The predicted molar refractivity (Wildman–Crippen MR) is 118 cm³/mol. The van der Waals surface area contributed by atoms with E-state index < -0.39 is 18.2 Å². The molecule has 0 radical (unpaired) electrons. The summed E-state index contributed by atoms with van der Waals surface area (Å²) >= 11 is 1.66. The van der Waals surface area contributed by atoms with Crippen molar-refractivity contribution in [1.29, 1.82) is 0 Å². The van der Waals surface area contributed by atoms with Gasteiger partial charge in [-0.1, -0.05) is 71.1 Å². The van der Waals surface area contributed by atoms with Gasteiger partial charge >= 0.3 is 5.97 Å². The molecule has 0 fully saturated rings. The highest BCUT2D eigenvalue weighted by molar-refractivity contribution is 8.03. The summed E-state index contributed by atoms with van der Waals surface area (Å²) in [6.45, 7) is 9.58. The molecule has 0 saturated heterocycles. The van der Waals surface area contributed by atoms with Gasteiger partial charge in [0.2, 0.25) is 0 Å². The molecule has 0 heterocycles. The number of esters is 1. The van der Waals surface area contributed by atoms with Crippen molar-refractivity contribution in [3.05, 3.63) is 35.0 Å². The number of aliphatic hydroxyl groups excluding tert-OH is 2. The van der Waals surface area contributed by atoms with Gasteiger partial charge in [0.05, 0.1) is 12.2 Å². The van der Waals surface area contributed by atoms with Crippen LogP contribution in [0.2, 0.25) is 0 Å². The van der Waals surface area contributed by atoms with Crippen molar-refractivity contribution in [2.75, 3.05) is 5.75 Å². The number of thioether (sulfide) groups is 1. The Hall–Kier alpha value is -1.04. The van der Waals surface area contributed by atoms with E-state index in [0.29, 0.717) is 17.8 Å². The molecule has 5 heteroatoms. The first-order valence-corrected chi connectivity index (χ1v) is 11.7. The van der Waals surface area contributed by atoms with E-state index in [1.165, 1.54) is 19.3 Å². The molecular weight excluding hydrogens is 372 g/mol. The normalized spacial score (nSPS) is 20.8. The van der Waals surface area contributed by atoms with Gasteiger partial charge in [-0.05, 0) is 25.5 Å². The summed E-state index contributed by atoms with van der Waals surface area (Å²) in [5.74, 6) is 0.802. The summed E-state index contributed by atoms with van der Waals surface area (Å²) in [7, 11) is 0. The summed E-state index contributed by atoms with van der Waals surface area (Å²) in [5.41, 5.74) is 0.347. The lowest BCUT2D eigenvalue weighted by atomic mass is 10.0. The van der Waals surface area contributed by atoms with Crippen LogP contribution in [0.4, 0.5) is 0 Å². The smallest absolute Gasteiger partial charge is 0.338 e. The van der Waals surface area contributed by atoms with Crippen LogP contribution in [0, 0.1) is 5.92 Å². The number of ether oxygens (including phenoxy) is 1. The Morgan fingerprint density at radius 1 is 1.25 bits per heavy atom. The monoisotopic (exact) mass is 410 g/mol. The van der Waals surface area contributed by atoms with Crippen LogP contribution in [-0.4, -0.2) is 34.1 Å². The lowest BCUT2D eigenvalue weighted by molar-refractivity contribution is -0.135. The van der Waals surface area contributed by atoms with E-state index in [-0.39, 0.29) is 5.92 Å². The van der Waals surface area contributed by atoms with Crippen LogP contribution in [0.3, 0.4) is 0 Å². The van der Waals surface area contributed by atoms with E-state index >= 15 is 0 Å². The molecule has 3 atom stereocenters. The van der Waals surface area contributed by atoms with E-state index in [2.05, 4.69) is 20.4 Å². The lowest BCUT2D eigenvalue weighted by Gasteiger charge is -2.15. The first-order chi connectivity index (χ1) is 13.4. The number of unbranched alkanes of at least 4 members (excludes halogenated alkanes) is 5. The van der Waals surface area contributed by atoms with Gasteiger partial charge in [-0.2, -0.15) is 0 Å². The van der Waals surface area contributed by atoms with Crippen LogP contribution in [0.15, 0.2) is 35.0 Å². The Labute approximate surface area is 175 Å². The summed E-state index contributed by atoms with van der Waals surface area (Å²) in [4.78, 5) is 12.9. The first-order valence-electron chi connectivity index (χ1n) is 10.7. The number of carbonyl (C=O) groups is 1. The molecule has 1 aliphatic rings. The molecule has 1 rings (SSSR count). The fourth-order valence-corrected chi connectivity index (χ4v) is 4.40. The lowest BCUT2D eigenvalue weighted by Crippen LogP contribution is -2.14. The molecule has 1 aliphatic carbocycles. The summed E-state index contributed by atoms with van der Waals surface area (Å²) < 4.78 is 5.51. The Morgan fingerprint density at radius 2 is 1.93 bits per heavy atom. The van der Waals surface area contributed by atoms with Crippen LogP contribution >= 0.6 is 11.8 Å².